The predicted octanol–water partition coefficient (Wildman–Crippen LogP) is 3.98. The average Bonchev–Trinajstić information content (AvgIpc) is 3.13. The van der Waals surface area contributed by atoms with Gasteiger partial charge in [-0.15, -0.1) is 0 Å². The molecule has 2 aromatic heterocycles. The van der Waals surface area contributed by atoms with Crippen LogP contribution >= 0.6 is 11.6 Å². The van der Waals surface area contributed by atoms with Crippen molar-refractivity contribution in [3.63, 3.8) is 0 Å². The minimum absolute atomic E-state index is 0.0361. The molecule has 1 saturated heterocycles. The van der Waals surface area contributed by atoms with E-state index in [9.17, 15) is 26.4 Å². The third kappa shape index (κ3) is 4.31. The number of carbonyl (C=O) groups excluding carboxylic acids is 1. The normalized spacial score (nSPS) is 16.0. The Kier molecular flexibility index (Phi) is 5.66. The van der Waals surface area contributed by atoms with E-state index in [1.165, 1.54) is 24.4 Å². The largest absolute Gasteiger partial charge is 0.449 e. The number of piperidine rings is 1. The molecular weight excluding hydrogens is 469 g/mol. The summed E-state index contributed by atoms with van der Waals surface area (Å²) in [7, 11) is -3.59. The molecule has 0 saturated carbocycles. The Balaban J connectivity index is 1.63. The second-order valence-corrected chi connectivity index (χ2v) is 10.0. The molecule has 170 valence electrons. The van der Waals surface area contributed by atoms with Crippen LogP contribution in [0.1, 0.15) is 35.1 Å². The summed E-state index contributed by atoms with van der Waals surface area (Å²) in [6.07, 6.45) is -1.80. The van der Waals surface area contributed by atoms with Crippen LogP contribution in [0.25, 0.3) is 11.0 Å². The van der Waals surface area contributed by atoms with Crippen molar-refractivity contribution < 1.29 is 26.4 Å². The number of hydrogen-bond donors (Lipinski definition) is 0. The molecule has 0 bridgehead atoms. The summed E-state index contributed by atoms with van der Waals surface area (Å²) < 4.78 is 66.0. The summed E-state index contributed by atoms with van der Waals surface area (Å²) in [4.78, 5) is 21.7. The van der Waals surface area contributed by atoms with Gasteiger partial charge in [-0.3, -0.25) is 4.79 Å². The minimum Gasteiger partial charge on any atom is -0.338 e. The van der Waals surface area contributed by atoms with Crippen molar-refractivity contribution in [3.8, 4) is 0 Å². The van der Waals surface area contributed by atoms with Crippen LogP contribution in [-0.2, 0) is 16.0 Å². The SMILES string of the molecule is CS(=O)(=O)c1ccc2c(c1)nc(C(F)(F)F)n2C1CCN(C(=O)c2ccc(Cl)nc2)CC1. The molecule has 7 nitrogen and oxygen atoms in total. The zero-order valence-corrected chi connectivity index (χ0v) is 18.4. The third-order valence-corrected chi connectivity index (χ3v) is 6.77. The first kappa shape index (κ1) is 22.5. The molecule has 0 aliphatic carbocycles. The van der Waals surface area contributed by atoms with Crippen molar-refractivity contribution in [2.75, 3.05) is 19.3 Å². The van der Waals surface area contributed by atoms with Gasteiger partial charge in [0, 0.05) is 31.6 Å². The number of sulfone groups is 1. The lowest BCUT2D eigenvalue weighted by atomic mass is 10.0. The number of likely N-dealkylation sites (tertiary alicyclic amines) is 1. The molecule has 0 atom stereocenters. The Morgan fingerprint density at radius 2 is 1.84 bits per heavy atom. The molecule has 32 heavy (non-hydrogen) atoms. The van der Waals surface area contributed by atoms with E-state index in [0.717, 1.165) is 16.9 Å². The molecule has 3 heterocycles. The monoisotopic (exact) mass is 486 g/mol. The Bertz CT molecular complexity index is 1280. The Labute approximate surface area is 186 Å². The van der Waals surface area contributed by atoms with E-state index in [2.05, 4.69) is 9.97 Å². The summed E-state index contributed by atoms with van der Waals surface area (Å²) in [5.74, 6) is -1.35. The maximum Gasteiger partial charge on any atom is 0.449 e. The van der Waals surface area contributed by atoms with Crippen molar-refractivity contribution in [1.82, 2.24) is 19.4 Å². The maximum absolute atomic E-state index is 13.8. The van der Waals surface area contributed by atoms with Crippen molar-refractivity contribution in [1.29, 1.82) is 0 Å². The average molecular weight is 487 g/mol. The van der Waals surface area contributed by atoms with Gasteiger partial charge >= 0.3 is 6.18 Å². The first-order chi connectivity index (χ1) is 14.9. The molecule has 0 spiro atoms. The molecule has 0 unspecified atom stereocenters. The van der Waals surface area contributed by atoms with Gasteiger partial charge in [-0.25, -0.2) is 18.4 Å². The van der Waals surface area contributed by atoms with Gasteiger partial charge in [0.1, 0.15) is 5.15 Å². The highest BCUT2D eigenvalue weighted by Gasteiger charge is 2.40. The van der Waals surface area contributed by atoms with Crippen LogP contribution in [-0.4, -0.2) is 53.1 Å². The van der Waals surface area contributed by atoms with E-state index in [-0.39, 0.29) is 52.9 Å². The number of benzene rings is 1. The van der Waals surface area contributed by atoms with E-state index < -0.39 is 27.9 Å². The van der Waals surface area contributed by atoms with Gasteiger partial charge in [0.05, 0.1) is 21.5 Å². The van der Waals surface area contributed by atoms with Gasteiger partial charge in [-0.2, -0.15) is 13.2 Å². The number of amides is 1. The van der Waals surface area contributed by atoms with E-state index in [0.29, 0.717) is 5.56 Å². The highest BCUT2D eigenvalue weighted by Crippen LogP contribution is 2.37. The third-order valence-electron chi connectivity index (χ3n) is 5.43. The van der Waals surface area contributed by atoms with Crippen LogP contribution in [0.4, 0.5) is 13.2 Å². The van der Waals surface area contributed by atoms with E-state index in [4.69, 9.17) is 11.6 Å². The summed E-state index contributed by atoms with van der Waals surface area (Å²) in [5.41, 5.74) is 0.521. The van der Waals surface area contributed by atoms with Gasteiger partial charge in [-0.05, 0) is 43.2 Å². The number of imidazole rings is 1. The number of aromatic nitrogens is 3. The fourth-order valence-corrected chi connectivity index (χ4v) is 4.64. The van der Waals surface area contributed by atoms with Gasteiger partial charge in [0.2, 0.25) is 5.82 Å². The second kappa shape index (κ2) is 8.04. The number of alkyl halides is 3. The van der Waals surface area contributed by atoms with Crippen LogP contribution in [0, 0.1) is 0 Å². The number of pyridine rings is 1. The highest BCUT2D eigenvalue weighted by atomic mass is 35.5. The fraction of sp³-hybridized carbons (Fsp3) is 0.350. The number of hydrogen-bond acceptors (Lipinski definition) is 5. The molecule has 0 N–H and O–H groups in total. The zero-order chi connectivity index (χ0) is 23.3. The number of carbonyl (C=O) groups is 1. The molecule has 1 fully saturated rings. The summed E-state index contributed by atoms with van der Waals surface area (Å²) in [6, 6.07) is 6.29. The van der Waals surface area contributed by atoms with E-state index in [1.54, 1.807) is 11.0 Å². The topological polar surface area (TPSA) is 85.2 Å². The highest BCUT2D eigenvalue weighted by molar-refractivity contribution is 7.90. The Hall–Kier alpha value is -2.66. The van der Waals surface area contributed by atoms with Gasteiger partial charge in [0.15, 0.2) is 9.84 Å². The van der Waals surface area contributed by atoms with Crippen molar-refractivity contribution in [2.24, 2.45) is 0 Å². The minimum atomic E-state index is -4.72. The maximum atomic E-state index is 13.8. The number of rotatable bonds is 3. The lowest BCUT2D eigenvalue weighted by Crippen LogP contribution is -2.39. The van der Waals surface area contributed by atoms with Crippen molar-refractivity contribution in [2.45, 2.75) is 30.0 Å². The quantitative estimate of drug-likeness (QED) is 0.523. The molecule has 1 amide bonds. The Morgan fingerprint density at radius 1 is 1.16 bits per heavy atom. The lowest BCUT2D eigenvalue weighted by molar-refractivity contribution is -0.147. The fourth-order valence-electron chi connectivity index (χ4n) is 3.89. The Morgan fingerprint density at radius 3 is 2.41 bits per heavy atom. The smallest absolute Gasteiger partial charge is 0.338 e. The molecule has 3 aromatic rings. The molecule has 12 heteroatoms. The molecule has 1 aromatic carbocycles. The van der Waals surface area contributed by atoms with Crippen LogP contribution < -0.4 is 0 Å². The molecule has 1 aliphatic heterocycles. The molecule has 1 aliphatic rings. The number of halogens is 4. The standard InChI is InChI=1S/C20H18ClF3N4O3S/c1-32(30,31)14-3-4-16-15(10-14)26-19(20(22,23)24)28(16)13-6-8-27(9-7-13)18(29)12-2-5-17(21)25-11-12/h2-5,10-11,13H,6-9H2,1H3. The summed E-state index contributed by atoms with van der Waals surface area (Å²) in [5, 5.41) is 0.256. The van der Waals surface area contributed by atoms with Crippen LogP contribution in [0.3, 0.4) is 0 Å². The molecule has 0 radical (unpaired) electrons. The van der Waals surface area contributed by atoms with Crippen LogP contribution in [0.5, 0.6) is 0 Å². The number of fused-ring (bicyclic) bond motifs is 1. The molecule has 4 rings (SSSR count). The van der Waals surface area contributed by atoms with Crippen LogP contribution in [0.15, 0.2) is 41.4 Å². The van der Waals surface area contributed by atoms with Gasteiger partial charge < -0.3 is 9.47 Å². The van der Waals surface area contributed by atoms with Crippen molar-refractivity contribution >= 4 is 38.4 Å². The lowest BCUT2D eigenvalue weighted by Gasteiger charge is -2.33. The van der Waals surface area contributed by atoms with Gasteiger partial charge in [-0.1, -0.05) is 11.6 Å². The van der Waals surface area contributed by atoms with E-state index >= 15 is 0 Å². The number of nitrogens with zero attached hydrogens (tertiary/aromatic N) is 4. The van der Waals surface area contributed by atoms with Crippen molar-refractivity contribution in [3.05, 3.63) is 53.1 Å². The zero-order valence-electron chi connectivity index (χ0n) is 16.8. The van der Waals surface area contributed by atoms with Gasteiger partial charge in [0.25, 0.3) is 5.91 Å². The first-order valence-electron chi connectivity index (χ1n) is 9.65. The van der Waals surface area contributed by atoms with E-state index in [1.807, 2.05) is 0 Å². The van der Waals surface area contributed by atoms with Crippen LogP contribution in [0.2, 0.25) is 5.15 Å². The first-order valence-corrected chi connectivity index (χ1v) is 11.9. The summed E-state index contributed by atoms with van der Waals surface area (Å²) in [6.45, 7) is 0.509. The predicted molar refractivity (Wildman–Crippen MR) is 111 cm³/mol. The molecular formula is C20H18ClF3N4O3S. The second-order valence-electron chi connectivity index (χ2n) is 7.62. The summed E-state index contributed by atoms with van der Waals surface area (Å²) >= 11 is 5.74.